The monoisotopic (exact) mass is 282 g/mol. The molecular formula is C18H22N2O. The molecule has 0 spiro atoms. The third kappa shape index (κ3) is 3.63. The maximum atomic E-state index is 12.8. The first kappa shape index (κ1) is 15.1. The molecule has 0 bridgehead atoms. The van der Waals surface area contributed by atoms with Crippen LogP contribution in [0.3, 0.4) is 0 Å². The molecule has 0 radical (unpaired) electrons. The maximum absolute atomic E-state index is 12.8. The number of unbranched alkanes of at least 4 members (excludes halogenated alkanes) is 1. The molecule has 0 aliphatic heterocycles. The number of nitrogen functional groups attached to an aromatic ring is 1. The van der Waals surface area contributed by atoms with Gasteiger partial charge in [0.05, 0.1) is 0 Å². The van der Waals surface area contributed by atoms with Gasteiger partial charge in [-0.3, -0.25) is 4.79 Å². The summed E-state index contributed by atoms with van der Waals surface area (Å²) >= 11 is 0. The Bertz CT molecular complexity index is 608. The number of para-hydroxylation sites is 1. The quantitative estimate of drug-likeness (QED) is 0.842. The SMILES string of the molecule is CCCCN(C(=O)c1ccc(C)c(N)c1)c1ccccc1. The molecule has 3 nitrogen and oxygen atoms in total. The Morgan fingerprint density at radius 3 is 2.48 bits per heavy atom. The van der Waals surface area contributed by atoms with Crippen molar-refractivity contribution >= 4 is 17.3 Å². The Morgan fingerprint density at radius 1 is 1.14 bits per heavy atom. The van der Waals surface area contributed by atoms with Gasteiger partial charge in [0, 0.05) is 23.5 Å². The van der Waals surface area contributed by atoms with E-state index in [-0.39, 0.29) is 5.91 Å². The Morgan fingerprint density at radius 2 is 1.86 bits per heavy atom. The highest BCUT2D eigenvalue weighted by molar-refractivity contribution is 6.06. The molecule has 0 aliphatic rings. The van der Waals surface area contributed by atoms with Crippen LogP contribution in [0, 0.1) is 6.92 Å². The maximum Gasteiger partial charge on any atom is 0.258 e. The number of hydrogen-bond donors (Lipinski definition) is 1. The van der Waals surface area contributed by atoms with Crippen LogP contribution in [0.4, 0.5) is 11.4 Å². The molecule has 2 aromatic rings. The average molecular weight is 282 g/mol. The lowest BCUT2D eigenvalue weighted by Gasteiger charge is -2.23. The molecule has 3 heteroatoms. The molecule has 1 amide bonds. The summed E-state index contributed by atoms with van der Waals surface area (Å²) < 4.78 is 0. The van der Waals surface area contributed by atoms with E-state index in [4.69, 9.17) is 5.73 Å². The van der Waals surface area contributed by atoms with E-state index in [1.54, 1.807) is 6.07 Å². The molecule has 2 aromatic carbocycles. The first-order valence-electron chi connectivity index (χ1n) is 7.36. The van der Waals surface area contributed by atoms with Crippen LogP contribution in [0.2, 0.25) is 0 Å². The minimum Gasteiger partial charge on any atom is -0.398 e. The zero-order chi connectivity index (χ0) is 15.2. The predicted octanol–water partition coefficient (Wildman–Crippen LogP) is 4.02. The second-order valence-corrected chi connectivity index (χ2v) is 5.22. The third-order valence-electron chi connectivity index (χ3n) is 3.57. The van der Waals surface area contributed by atoms with Gasteiger partial charge in [0.25, 0.3) is 5.91 Å². The molecule has 110 valence electrons. The smallest absolute Gasteiger partial charge is 0.258 e. The molecule has 2 N–H and O–H groups in total. The standard InChI is InChI=1S/C18H22N2O/c1-3-4-12-20(16-8-6-5-7-9-16)18(21)15-11-10-14(2)17(19)13-15/h5-11,13H,3-4,12,19H2,1-2H3. The zero-order valence-corrected chi connectivity index (χ0v) is 12.7. The van der Waals surface area contributed by atoms with Crippen molar-refractivity contribution < 1.29 is 4.79 Å². The van der Waals surface area contributed by atoms with Gasteiger partial charge >= 0.3 is 0 Å². The Hall–Kier alpha value is -2.29. The molecular weight excluding hydrogens is 260 g/mol. The van der Waals surface area contributed by atoms with Gasteiger partial charge in [-0.25, -0.2) is 0 Å². The molecule has 0 atom stereocenters. The zero-order valence-electron chi connectivity index (χ0n) is 12.7. The Balaban J connectivity index is 2.31. The molecule has 2 rings (SSSR count). The Kier molecular flexibility index (Phi) is 4.99. The highest BCUT2D eigenvalue weighted by Crippen LogP contribution is 2.20. The molecule has 0 saturated carbocycles. The summed E-state index contributed by atoms with van der Waals surface area (Å²) in [5, 5.41) is 0. The molecule has 0 aliphatic carbocycles. The minimum atomic E-state index is 0.00125. The number of amides is 1. The number of aryl methyl sites for hydroxylation is 1. The van der Waals surface area contributed by atoms with E-state index in [1.165, 1.54) is 0 Å². The van der Waals surface area contributed by atoms with Crippen molar-refractivity contribution in [1.82, 2.24) is 0 Å². The van der Waals surface area contributed by atoms with Crippen LogP contribution in [0.15, 0.2) is 48.5 Å². The molecule has 0 saturated heterocycles. The summed E-state index contributed by atoms with van der Waals surface area (Å²) in [6.07, 6.45) is 2.02. The van der Waals surface area contributed by atoms with Crippen molar-refractivity contribution in [2.45, 2.75) is 26.7 Å². The number of nitrogens with zero attached hydrogens (tertiary/aromatic N) is 1. The van der Waals surface area contributed by atoms with Crippen LogP contribution < -0.4 is 10.6 Å². The number of hydrogen-bond acceptors (Lipinski definition) is 2. The van der Waals surface area contributed by atoms with Gasteiger partial charge in [-0.05, 0) is 43.2 Å². The van der Waals surface area contributed by atoms with E-state index in [2.05, 4.69) is 6.92 Å². The summed E-state index contributed by atoms with van der Waals surface area (Å²) in [4.78, 5) is 14.6. The Labute approximate surface area is 126 Å². The van der Waals surface area contributed by atoms with Crippen LogP contribution in [-0.4, -0.2) is 12.5 Å². The van der Waals surface area contributed by atoms with Gasteiger partial charge in [0.1, 0.15) is 0 Å². The summed E-state index contributed by atoms with van der Waals surface area (Å²) in [5.41, 5.74) is 9.14. The molecule has 0 heterocycles. The first-order chi connectivity index (χ1) is 10.1. The molecule has 21 heavy (non-hydrogen) atoms. The summed E-state index contributed by atoms with van der Waals surface area (Å²) in [5.74, 6) is 0.00125. The number of carbonyl (C=O) groups is 1. The number of carbonyl (C=O) groups excluding carboxylic acids is 1. The average Bonchev–Trinajstić information content (AvgIpc) is 2.51. The van der Waals surface area contributed by atoms with Gasteiger partial charge in [-0.15, -0.1) is 0 Å². The van der Waals surface area contributed by atoms with Crippen molar-refractivity contribution in [3.63, 3.8) is 0 Å². The number of rotatable bonds is 5. The molecule has 0 fully saturated rings. The predicted molar refractivity (Wildman–Crippen MR) is 88.6 cm³/mol. The largest absolute Gasteiger partial charge is 0.398 e. The lowest BCUT2D eigenvalue weighted by molar-refractivity contribution is 0.0986. The van der Waals surface area contributed by atoms with Crippen molar-refractivity contribution in [3.8, 4) is 0 Å². The lowest BCUT2D eigenvalue weighted by Crippen LogP contribution is -2.32. The number of anilines is 2. The third-order valence-corrected chi connectivity index (χ3v) is 3.57. The normalized spacial score (nSPS) is 10.4. The number of nitrogens with two attached hydrogens (primary N) is 1. The first-order valence-corrected chi connectivity index (χ1v) is 7.36. The summed E-state index contributed by atoms with van der Waals surface area (Å²) in [7, 11) is 0. The summed E-state index contributed by atoms with van der Waals surface area (Å²) in [6.45, 7) is 4.78. The fraction of sp³-hybridized carbons (Fsp3) is 0.278. The van der Waals surface area contributed by atoms with Gasteiger partial charge in [-0.2, -0.15) is 0 Å². The molecule has 0 unspecified atom stereocenters. The van der Waals surface area contributed by atoms with E-state index >= 15 is 0 Å². The highest BCUT2D eigenvalue weighted by atomic mass is 16.2. The van der Waals surface area contributed by atoms with Crippen molar-refractivity contribution in [2.75, 3.05) is 17.2 Å². The van der Waals surface area contributed by atoms with E-state index in [9.17, 15) is 4.79 Å². The van der Waals surface area contributed by atoms with Gasteiger partial charge < -0.3 is 10.6 Å². The number of benzene rings is 2. The van der Waals surface area contributed by atoms with Gasteiger partial charge in [-0.1, -0.05) is 37.6 Å². The fourth-order valence-electron chi connectivity index (χ4n) is 2.20. The highest BCUT2D eigenvalue weighted by Gasteiger charge is 2.17. The van der Waals surface area contributed by atoms with E-state index in [0.29, 0.717) is 17.8 Å². The van der Waals surface area contributed by atoms with Crippen LogP contribution >= 0.6 is 0 Å². The minimum absolute atomic E-state index is 0.00125. The lowest BCUT2D eigenvalue weighted by atomic mass is 10.1. The molecule has 0 aromatic heterocycles. The summed E-state index contributed by atoms with van der Waals surface area (Å²) in [6, 6.07) is 15.3. The van der Waals surface area contributed by atoms with Crippen LogP contribution in [0.25, 0.3) is 0 Å². The van der Waals surface area contributed by atoms with Crippen LogP contribution in [-0.2, 0) is 0 Å². The topological polar surface area (TPSA) is 46.3 Å². The fourth-order valence-corrected chi connectivity index (χ4v) is 2.20. The van der Waals surface area contributed by atoms with Gasteiger partial charge in [0.15, 0.2) is 0 Å². The van der Waals surface area contributed by atoms with Crippen LogP contribution in [0.1, 0.15) is 35.7 Å². The van der Waals surface area contributed by atoms with Gasteiger partial charge in [0.2, 0.25) is 0 Å². The van der Waals surface area contributed by atoms with Crippen LogP contribution in [0.5, 0.6) is 0 Å². The van der Waals surface area contributed by atoms with Crippen molar-refractivity contribution in [1.29, 1.82) is 0 Å². The second-order valence-electron chi connectivity index (χ2n) is 5.22. The van der Waals surface area contributed by atoms with E-state index in [1.807, 2.05) is 54.3 Å². The van der Waals surface area contributed by atoms with E-state index in [0.717, 1.165) is 24.1 Å². The van der Waals surface area contributed by atoms with E-state index < -0.39 is 0 Å². The second kappa shape index (κ2) is 6.93. The van der Waals surface area contributed by atoms with Crippen molar-refractivity contribution in [3.05, 3.63) is 59.7 Å². The van der Waals surface area contributed by atoms with Crippen molar-refractivity contribution in [2.24, 2.45) is 0 Å².